The molecular weight excluding hydrogens is 332 g/mol. The maximum absolute atomic E-state index is 12.0. The van der Waals surface area contributed by atoms with Crippen LogP contribution in [-0.4, -0.2) is 33.5 Å². The van der Waals surface area contributed by atoms with E-state index in [1.807, 2.05) is 0 Å². The van der Waals surface area contributed by atoms with Gasteiger partial charge in [0.05, 0.1) is 38.1 Å². The van der Waals surface area contributed by atoms with E-state index < -0.39 is 5.91 Å². The summed E-state index contributed by atoms with van der Waals surface area (Å²) in [5.74, 6) is 1.18. The molecule has 0 aliphatic heterocycles. The highest BCUT2D eigenvalue weighted by molar-refractivity contribution is 6.33. The number of rotatable bonds is 6. The summed E-state index contributed by atoms with van der Waals surface area (Å²) in [6, 6.07) is 10.1. The molecule has 7 heteroatoms. The van der Waals surface area contributed by atoms with Crippen LogP contribution in [0, 0.1) is 0 Å². The van der Waals surface area contributed by atoms with Crippen LogP contribution in [0.1, 0.15) is 15.9 Å². The van der Waals surface area contributed by atoms with E-state index in [9.17, 15) is 4.79 Å². The van der Waals surface area contributed by atoms with Gasteiger partial charge in [-0.2, -0.15) is 5.10 Å². The van der Waals surface area contributed by atoms with Crippen LogP contribution in [0.4, 0.5) is 0 Å². The Morgan fingerprint density at radius 1 is 1.04 bits per heavy atom. The van der Waals surface area contributed by atoms with Crippen LogP contribution < -0.4 is 19.6 Å². The number of amides is 1. The highest BCUT2D eigenvalue weighted by atomic mass is 35.5. The van der Waals surface area contributed by atoms with E-state index in [2.05, 4.69) is 10.5 Å². The zero-order valence-corrected chi connectivity index (χ0v) is 14.3. The summed E-state index contributed by atoms with van der Waals surface area (Å²) in [5.41, 5.74) is 3.39. The molecule has 1 N–H and O–H groups in total. The predicted octanol–water partition coefficient (Wildman–Crippen LogP) is 3.13. The van der Waals surface area contributed by atoms with Gasteiger partial charge in [-0.15, -0.1) is 0 Å². The van der Waals surface area contributed by atoms with Gasteiger partial charge < -0.3 is 14.2 Å². The van der Waals surface area contributed by atoms with Crippen LogP contribution in [0.25, 0.3) is 0 Å². The lowest BCUT2D eigenvalue weighted by molar-refractivity contribution is 0.0955. The molecule has 0 saturated carbocycles. The van der Waals surface area contributed by atoms with Gasteiger partial charge in [-0.1, -0.05) is 23.7 Å². The minimum Gasteiger partial charge on any atom is -0.496 e. The summed E-state index contributed by atoms with van der Waals surface area (Å²) in [5, 5.41) is 4.29. The average molecular weight is 349 g/mol. The largest absolute Gasteiger partial charge is 0.496 e. The number of hydrazone groups is 1. The molecule has 0 atom stereocenters. The monoisotopic (exact) mass is 348 g/mol. The molecule has 1 amide bonds. The Hall–Kier alpha value is -2.73. The number of hydrogen-bond donors (Lipinski definition) is 1. The van der Waals surface area contributed by atoms with Crippen molar-refractivity contribution in [3.63, 3.8) is 0 Å². The maximum Gasteiger partial charge on any atom is 0.272 e. The van der Waals surface area contributed by atoms with Gasteiger partial charge in [0.1, 0.15) is 5.75 Å². The summed E-state index contributed by atoms with van der Waals surface area (Å²) in [7, 11) is 4.60. The third-order valence-corrected chi connectivity index (χ3v) is 3.55. The van der Waals surface area contributed by atoms with E-state index in [1.54, 1.807) is 36.4 Å². The fourth-order valence-corrected chi connectivity index (χ4v) is 2.24. The fourth-order valence-electron chi connectivity index (χ4n) is 2.02. The molecular formula is C17H17ClN2O4. The van der Waals surface area contributed by atoms with Gasteiger partial charge in [-0.3, -0.25) is 4.79 Å². The molecule has 0 aliphatic carbocycles. The molecule has 0 aliphatic rings. The Kier molecular flexibility index (Phi) is 6.03. The Bertz CT molecular complexity index is 762. The van der Waals surface area contributed by atoms with Crippen molar-refractivity contribution in [2.24, 2.45) is 5.10 Å². The lowest BCUT2D eigenvalue weighted by Crippen LogP contribution is -2.18. The second kappa shape index (κ2) is 8.21. The van der Waals surface area contributed by atoms with E-state index in [1.165, 1.54) is 27.5 Å². The number of nitrogens with one attached hydrogen (secondary N) is 1. The molecule has 0 saturated heterocycles. The third-order valence-electron chi connectivity index (χ3n) is 3.22. The van der Waals surface area contributed by atoms with Crippen molar-refractivity contribution >= 4 is 23.7 Å². The normalized spacial score (nSPS) is 10.5. The summed E-state index contributed by atoms with van der Waals surface area (Å²) in [4.78, 5) is 12.0. The van der Waals surface area contributed by atoms with Gasteiger partial charge in [0.25, 0.3) is 5.91 Å². The molecule has 2 rings (SSSR count). The number of ether oxygens (including phenoxy) is 3. The smallest absolute Gasteiger partial charge is 0.272 e. The number of benzene rings is 2. The van der Waals surface area contributed by atoms with Crippen molar-refractivity contribution in [2.45, 2.75) is 0 Å². The molecule has 0 radical (unpaired) electrons. The van der Waals surface area contributed by atoms with E-state index in [0.29, 0.717) is 33.4 Å². The second-order valence-electron chi connectivity index (χ2n) is 4.63. The fraction of sp³-hybridized carbons (Fsp3) is 0.176. The Morgan fingerprint density at radius 3 is 2.29 bits per heavy atom. The Balaban J connectivity index is 2.19. The van der Waals surface area contributed by atoms with E-state index in [-0.39, 0.29) is 0 Å². The summed E-state index contributed by atoms with van der Waals surface area (Å²) in [6.45, 7) is 0. The third kappa shape index (κ3) is 3.97. The van der Waals surface area contributed by atoms with Gasteiger partial charge in [-0.05, 0) is 18.2 Å². The first-order chi connectivity index (χ1) is 11.6. The first-order valence-electron chi connectivity index (χ1n) is 6.98. The number of halogens is 1. The number of nitrogens with zero attached hydrogens (tertiary/aromatic N) is 1. The minimum absolute atomic E-state index is 0.343. The van der Waals surface area contributed by atoms with Crippen molar-refractivity contribution in [1.82, 2.24) is 5.43 Å². The Labute approximate surface area is 145 Å². The maximum atomic E-state index is 12.0. The lowest BCUT2D eigenvalue weighted by atomic mass is 10.2. The summed E-state index contributed by atoms with van der Waals surface area (Å²) < 4.78 is 15.7. The van der Waals surface area contributed by atoms with E-state index in [4.69, 9.17) is 25.8 Å². The molecule has 0 spiro atoms. The van der Waals surface area contributed by atoms with E-state index in [0.717, 1.165) is 0 Å². The SMILES string of the molecule is COc1cc(OC)c(OC)cc1C=NNC(=O)c1ccccc1Cl. The van der Waals surface area contributed by atoms with Crippen LogP contribution in [0.2, 0.25) is 5.02 Å². The van der Waals surface area contributed by atoms with Gasteiger partial charge in [0.15, 0.2) is 11.5 Å². The van der Waals surface area contributed by atoms with E-state index >= 15 is 0 Å². The molecule has 24 heavy (non-hydrogen) atoms. The van der Waals surface area contributed by atoms with Crippen molar-refractivity contribution in [1.29, 1.82) is 0 Å². The van der Waals surface area contributed by atoms with Crippen LogP contribution in [0.5, 0.6) is 17.2 Å². The molecule has 2 aromatic carbocycles. The van der Waals surface area contributed by atoms with Crippen LogP contribution in [0.15, 0.2) is 41.5 Å². The zero-order valence-electron chi connectivity index (χ0n) is 13.5. The van der Waals surface area contributed by atoms with Gasteiger partial charge in [0.2, 0.25) is 0 Å². The van der Waals surface area contributed by atoms with Crippen molar-refractivity contribution in [3.8, 4) is 17.2 Å². The van der Waals surface area contributed by atoms with Crippen LogP contribution in [0.3, 0.4) is 0 Å². The molecule has 0 heterocycles. The number of carbonyl (C=O) groups is 1. The number of carbonyl (C=O) groups excluding carboxylic acids is 1. The van der Waals surface area contributed by atoms with Crippen molar-refractivity contribution < 1.29 is 19.0 Å². The topological polar surface area (TPSA) is 69.2 Å². The molecule has 0 aromatic heterocycles. The number of methoxy groups -OCH3 is 3. The quantitative estimate of drug-likeness (QED) is 0.643. The highest BCUT2D eigenvalue weighted by Gasteiger charge is 2.11. The molecule has 0 bridgehead atoms. The van der Waals surface area contributed by atoms with Crippen molar-refractivity contribution in [3.05, 3.63) is 52.5 Å². The molecule has 126 valence electrons. The van der Waals surface area contributed by atoms with Crippen LogP contribution >= 0.6 is 11.6 Å². The highest BCUT2D eigenvalue weighted by Crippen LogP contribution is 2.33. The second-order valence-corrected chi connectivity index (χ2v) is 5.04. The molecule has 2 aromatic rings. The molecule has 0 fully saturated rings. The summed E-state index contributed by atoms with van der Waals surface area (Å²) in [6.07, 6.45) is 1.45. The minimum atomic E-state index is -0.406. The summed E-state index contributed by atoms with van der Waals surface area (Å²) >= 11 is 5.97. The standard InChI is InChI=1S/C17H17ClN2O4/c1-22-14-9-16(24-3)15(23-2)8-11(14)10-19-20-17(21)12-6-4-5-7-13(12)18/h4-10H,1-3H3,(H,20,21). The van der Waals surface area contributed by atoms with Gasteiger partial charge in [0, 0.05) is 11.6 Å². The lowest BCUT2D eigenvalue weighted by Gasteiger charge is -2.11. The van der Waals surface area contributed by atoms with Gasteiger partial charge >= 0.3 is 0 Å². The van der Waals surface area contributed by atoms with Gasteiger partial charge in [-0.25, -0.2) is 5.43 Å². The molecule has 0 unspecified atom stereocenters. The zero-order chi connectivity index (χ0) is 17.5. The molecule has 6 nitrogen and oxygen atoms in total. The Morgan fingerprint density at radius 2 is 1.67 bits per heavy atom. The number of hydrogen-bond acceptors (Lipinski definition) is 5. The predicted molar refractivity (Wildman–Crippen MR) is 92.6 cm³/mol. The first kappa shape index (κ1) is 17.6. The van der Waals surface area contributed by atoms with Crippen LogP contribution in [-0.2, 0) is 0 Å². The first-order valence-corrected chi connectivity index (χ1v) is 7.36. The average Bonchev–Trinajstić information content (AvgIpc) is 2.61. The van der Waals surface area contributed by atoms with Crippen molar-refractivity contribution in [2.75, 3.05) is 21.3 Å².